The van der Waals surface area contributed by atoms with Gasteiger partial charge < -0.3 is 19.1 Å². The fourth-order valence-corrected chi connectivity index (χ4v) is 4.86. The molecule has 1 aliphatic rings. The standard InChI is InChI=1S/C30H40N4O5/c1-7-8-9-17-38-25-18-23(11-12-24(25)37-6)33-16-10-15-32(28(33)35)20-22-13-14-31-27-26(22)21(2)19-34(27)29(36)39-30(3,4)5/h11-14,18-19H,7-10,15-17,20H2,1-6H3. The van der Waals surface area contributed by atoms with Gasteiger partial charge in [-0.1, -0.05) is 19.8 Å². The first kappa shape index (κ1) is 28.3. The SMILES string of the molecule is CCCCCOc1cc(N2CCCN(Cc3ccnc4c3c(C)cn4C(=O)OC(C)(C)C)C2=O)ccc1OC. The van der Waals surface area contributed by atoms with Crippen LogP contribution < -0.4 is 14.4 Å². The van der Waals surface area contributed by atoms with Crippen molar-refractivity contribution < 1.29 is 23.8 Å². The number of methoxy groups -OCH3 is 1. The van der Waals surface area contributed by atoms with Crippen molar-refractivity contribution in [3.8, 4) is 11.5 Å². The van der Waals surface area contributed by atoms with Crippen molar-refractivity contribution in [3.63, 3.8) is 0 Å². The number of aryl methyl sites for hydroxylation is 1. The smallest absolute Gasteiger partial charge is 0.420 e. The van der Waals surface area contributed by atoms with Crippen molar-refractivity contribution in [2.45, 2.75) is 72.4 Å². The Labute approximate surface area is 230 Å². The van der Waals surface area contributed by atoms with Crippen LogP contribution in [0.2, 0.25) is 0 Å². The second-order valence-corrected chi connectivity index (χ2v) is 10.9. The van der Waals surface area contributed by atoms with Crippen LogP contribution in [0.1, 0.15) is 64.5 Å². The van der Waals surface area contributed by atoms with Crippen LogP contribution in [0.5, 0.6) is 11.5 Å². The molecule has 1 aromatic carbocycles. The summed E-state index contributed by atoms with van der Waals surface area (Å²) in [5.41, 5.74) is 2.53. The Morgan fingerprint density at radius 2 is 1.90 bits per heavy atom. The molecule has 2 aromatic heterocycles. The molecule has 9 heteroatoms. The highest BCUT2D eigenvalue weighted by Crippen LogP contribution is 2.34. The number of carbonyl (C=O) groups excluding carboxylic acids is 2. The lowest BCUT2D eigenvalue weighted by molar-refractivity contribution is 0.0543. The van der Waals surface area contributed by atoms with Gasteiger partial charge >= 0.3 is 12.1 Å². The van der Waals surface area contributed by atoms with E-state index in [4.69, 9.17) is 14.2 Å². The number of hydrogen-bond donors (Lipinski definition) is 0. The van der Waals surface area contributed by atoms with E-state index in [-0.39, 0.29) is 6.03 Å². The van der Waals surface area contributed by atoms with Gasteiger partial charge in [0, 0.05) is 49.2 Å². The van der Waals surface area contributed by atoms with Crippen molar-refractivity contribution >= 4 is 28.8 Å². The highest BCUT2D eigenvalue weighted by Gasteiger charge is 2.29. The Morgan fingerprint density at radius 1 is 1.10 bits per heavy atom. The normalized spacial score (nSPS) is 14.2. The highest BCUT2D eigenvalue weighted by atomic mass is 16.6. The van der Waals surface area contributed by atoms with Crippen LogP contribution in [0.25, 0.3) is 11.0 Å². The van der Waals surface area contributed by atoms with Gasteiger partial charge in [0.05, 0.1) is 13.7 Å². The zero-order valence-corrected chi connectivity index (χ0v) is 24.0. The van der Waals surface area contributed by atoms with Gasteiger partial charge in [0.15, 0.2) is 11.5 Å². The minimum absolute atomic E-state index is 0.0717. The number of hydrogen-bond acceptors (Lipinski definition) is 6. The summed E-state index contributed by atoms with van der Waals surface area (Å²) >= 11 is 0. The summed E-state index contributed by atoms with van der Waals surface area (Å²) in [6, 6.07) is 7.48. The molecule has 0 spiro atoms. The number of unbranched alkanes of at least 4 members (excludes halogenated alkanes) is 2. The molecule has 9 nitrogen and oxygen atoms in total. The summed E-state index contributed by atoms with van der Waals surface area (Å²) in [5.74, 6) is 1.30. The Hall–Kier alpha value is -3.75. The molecule has 0 atom stereocenters. The second kappa shape index (κ2) is 12.0. The molecular weight excluding hydrogens is 496 g/mol. The molecular formula is C30H40N4O5. The Morgan fingerprint density at radius 3 is 2.62 bits per heavy atom. The average Bonchev–Trinajstić information content (AvgIpc) is 3.24. The zero-order valence-electron chi connectivity index (χ0n) is 24.0. The predicted molar refractivity (Wildman–Crippen MR) is 152 cm³/mol. The molecule has 4 rings (SSSR count). The van der Waals surface area contributed by atoms with E-state index in [1.807, 2.05) is 56.9 Å². The molecule has 0 unspecified atom stereocenters. The quantitative estimate of drug-likeness (QED) is 0.289. The predicted octanol–water partition coefficient (Wildman–Crippen LogP) is 6.54. The number of ether oxygens (including phenoxy) is 3. The largest absolute Gasteiger partial charge is 0.493 e. The van der Waals surface area contributed by atoms with Gasteiger partial charge in [-0.2, -0.15) is 0 Å². The van der Waals surface area contributed by atoms with Crippen molar-refractivity contribution in [2.24, 2.45) is 0 Å². The Bertz CT molecular complexity index is 1330. The molecule has 0 bridgehead atoms. The molecule has 0 saturated carbocycles. The lowest BCUT2D eigenvalue weighted by atomic mass is 10.1. The van der Waals surface area contributed by atoms with E-state index < -0.39 is 11.7 Å². The van der Waals surface area contributed by atoms with Gasteiger partial charge in [-0.25, -0.2) is 19.1 Å². The van der Waals surface area contributed by atoms with Crippen LogP contribution in [0, 0.1) is 6.92 Å². The van der Waals surface area contributed by atoms with Crippen LogP contribution in [0.15, 0.2) is 36.7 Å². The maximum atomic E-state index is 13.7. The molecule has 1 aliphatic heterocycles. The molecule has 210 valence electrons. The topological polar surface area (TPSA) is 86.1 Å². The molecule has 0 N–H and O–H groups in total. The fourth-order valence-electron chi connectivity index (χ4n) is 4.86. The highest BCUT2D eigenvalue weighted by molar-refractivity contribution is 5.94. The number of rotatable bonds is 9. The van der Waals surface area contributed by atoms with Gasteiger partial charge in [-0.15, -0.1) is 0 Å². The van der Waals surface area contributed by atoms with Crippen molar-refractivity contribution in [1.29, 1.82) is 0 Å². The van der Waals surface area contributed by atoms with Crippen molar-refractivity contribution in [2.75, 3.05) is 31.7 Å². The number of carbonyl (C=O) groups is 2. The first-order valence-corrected chi connectivity index (χ1v) is 13.7. The maximum Gasteiger partial charge on any atom is 0.420 e. The Kier molecular flexibility index (Phi) is 8.67. The van der Waals surface area contributed by atoms with Gasteiger partial charge in [0.1, 0.15) is 11.2 Å². The number of urea groups is 1. The summed E-state index contributed by atoms with van der Waals surface area (Å²) < 4.78 is 18.5. The number of pyridine rings is 1. The number of benzene rings is 1. The van der Waals surface area contributed by atoms with E-state index >= 15 is 0 Å². The second-order valence-electron chi connectivity index (χ2n) is 10.9. The Balaban J connectivity index is 1.56. The fraction of sp³-hybridized carbons (Fsp3) is 0.500. The maximum absolute atomic E-state index is 13.7. The molecule has 3 aromatic rings. The number of fused-ring (bicyclic) bond motifs is 1. The van der Waals surface area contributed by atoms with E-state index in [1.54, 1.807) is 24.4 Å². The van der Waals surface area contributed by atoms with E-state index in [1.165, 1.54) is 4.57 Å². The van der Waals surface area contributed by atoms with Gasteiger partial charge in [0.25, 0.3) is 0 Å². The van der Waals surface area contributed by atoms with Crippen LogP contribution >= 0.6 is 0 Å². The molecule has 0 aliphatic carbocycles. The van der Waals surface area contributed by atoms with Gasteiger partial charge in [0.2, 0.25) is 0 Å². The van der Waals surface area contributed by atoms with Gasteiger partial charge in [-0.05, 0) is 69.9 Å². The van der Waals surface area contributed by atoms with Crippen molar-refractivity contribution in [3.05, 3.63) is 47.8 Å². The van der Waals surface area contributed by atoms with Crippen molar-refractivity contribution in [1.82, 2.24) is 14.5 Å². The van der Waals surface area contributed by atoms with Gasteiger partial charge in [-0.3, -0.25) is 4.90 Å². The average molecular weight is 537 g/mol. The summed E-state index contributed by atoms with van der Waals surface area (Å²) in [5, 5.41) is 0.862. The van der Waals surface area contributed by atoms with E-state index in [0.717, 1.165) is 47.9 Å². The lowest BCUT2D eigenvalue weighted by Gasteiger charge is -2.36. The summed E-state index contributed by atoms with van der Waals surface area (Å²) in [6.07, 6.45) is 6.97. The molecule has 3 heterocycles. The van der Waals surface area contributed by atoms with Crippen LogP contribution in [-0.4, -0.2) is 59.0 Å². The number of aromatic nitrogens is 2. The van der Waals surface area contributed by atoms with Crippen LogP contribution in [-0.2, 0) is 11.3 Å². The summed E-state index contributed by atoms with van der Waals surface area (Å²) in [4.78, 5) is 34.6. The third kappa shape index (κ3) is 6.46. The van der Waals surface area contributed by atoms with Crippen LogP contribution in [0.3, 0.4) is 0 Å². The summed E-state index contributed by atoms with van der Waals surface area (Å²) in [6.45, 7) is 11.9. The lowest BCUT2D eigenvalue weighted by Crippen LogP contribution is -2.49. The number of amides is 2. The number of nitrogens with zero attached hydrogens (tertiary/aromatic N) is 4. The summed E-state index contributed by atoms with van der Waals surface area (Å²) in [7, 11) is 1.62. The first-order chi connectivity index (χ1) is 18.6. The molecule has 2 amide bonds. The zero-order chi connectivity index (χ0) is 28.2. The first-order valence-electron chi connectivity index (χ1n) is 13.7. The van der Waals surface area contributed by atoms with E-state index in [0.29, 0.717) is 43.4 Å². The third-order valence-corrected chi connectivity index (χ3v) is 6.69. The minimum Gasteiger partial charge on any atom is -0.493 e. The molecule has 39 heavy (non-hydrogen) atoms. The third-order valence-electron chi connectivity index (χ3n) is 6.69. The number of anilines is 1. The van der Waals surface area contributed by atoms with E-state index in [2.05, 4.69) is 11.9 Å². The molecule has 1 saturated heterocycles. The van der Waals surface area contributed by atoms with Crippen LogP contribution in [0.4, 0.5) is 15.3 Å². The molecule has 1 fully saturated rings. The van der Waals surface area contributed by atoms with E-state index in [9.17, 15) is 9.59 Å². The monoisotopic (exact) mass is 536 g/mol. The minimum atomic E-state index is -0.620. The molecule has 0 radical (unpaired) electrons.